The molecule has 0 saturated carbocycles. The molecule has 0 spiro atoms. The van der Waals surface area contributed by atoms with Gasteiger partial charge in [-0.2, -0.15) is 8.78 Å². The Balaban J connectivity index is 1.30. The van der Waals surface area contributed by atoms with Crippen LogP contribution >= 0.6 is 11.6 Å². The number of rotatable bonds is 9. The van der Waals surface area contributed by atoms with Gasteiger partial charge < -0.3 is 14.2 Å². The van der Waals surface area contributed by atoms with Crippen LogP contribution in [0.15, 0.2) is 71.7 Å². The Morgan fingerprint density at radius 1 is 0.943 bits per heavy atom. The zero-order valence-corrected chi connectivity index (χ0v) is 18.8. The zero-order valence-electron chi connectivity index (χ0n) is 18.1. The molecule has 1 aliphatic rings. The first kappa shape index (κ1) is 24.8. The van der Waals surface area contributed by atoms with Gasteiger partial charge in [-0.1, -0.05) is 41.9 Å². The third kappa shape index (κ3) is 6.03. The molecule has 0 aliphatic carbocycles. The van der Waals surface area contributed by atoms with E-state index in [2.05, 4.69) is 9.73 Å². The molecule has 0 N–H and O–H groups in total. The Kier molecular flexibility index (Phi) is 7.45. The molecular formula is C25H19ClF5NO3. The second kappa shape index (κ2) is 10.5. The fourth-order valence-corrected chi connectivity index (χ4v) is 3.42. The van der Waals surface area contributed by atoms with Crippen LogP contribution in [0.25, 0.3) is 11.1 Å². The van der Waals surface area contributed by atoms with Gasteiger partial charge in [0.1, 0.15) is 35.3 Å². The normalized spacial score (nSPS) is 16.4. The largest absolute Gasteiger partial charge is 0.494 e. The standard InChI is InChI=1S/C25H19ClF5NO3/c26-24(29)25(30,31)35-19-10-6-16(7-11-19)15-4-8-18(9-5-15)33-13-12-17-14-34-23(32-17)22-20(27)2-1-3-21(22)28/h1-11,17,24H,12-14H2. The first-order chi connectivity index (χ1) is 16.7. The van der Waals surface area contributed by atoms with Crippen LogP contribution in [0.3, 0.4) is 0 Å². The van der Waals surface area contributed by atoms with Gasteiger partial charge in [-0.3, -0.25) is 0 Å². The number of ether oxygens (including phenoxy) is 3. The van der Waals surface area contributed by atoms with Gasteiger partial charge in [0.25, 0.3) is 5.63 Å². The highest BCUT2D eigenvalue weighted by atomic mass is 35.5. The van der Waals surface area contributed by atoms with Crippen molar-refractivity contribution in [1.29, 1.82) is 0 Å². The minimum Gasteiger partial charge on any atom is -0.494 e. The van der Waals surface area contributed by atoms with Crippen molar-refractivity contribution >= 4 is 17.5 Å². The molecule has 1 heterocycles. The minimum atomic E-state index is -4.13. The van der Waals surface area contributed by atoms with E-state index in [0.717, 1.165) is 23.3 Å². The molecule has 184 valence electrons. The van der Waals surface area contributed by atoms with Crippen LogP contribution in [0.5, 0.6) is 11.5 Å². The van der Waals surface area contributed by atoms with Crippen LogP contribution in [-0.4, -0.2) is 36.9 Å². The van der Waals surface area contributed by atoms with E-state index in [1.165, 1.54) is 18.2 Å². The van der Waals surface area contributed by atoms with Gasteiger partial charge in [0.15, 0.2) is 0 Å². The van der Waals surface area contributed by atoms with Gasteiger partial charge in [0.2, 0.25) is 5.90 Å². The lowest BCUT2D eigenvalue weighted by atomic mass is 10.1. The van der Waals surface area contributed by atoms with E-state index in [1.54, 1.807) is 36.4 Å². The zero-order chi connectivity index (χ0) is 25.0. The highest BCUT2D eigenvalue weighted by Gasteiger charge is 2.42. The van der Waals surface area contributed by atoms with E-state index < -0.39 is 23.4 Å². The summed E-state index contributed by atoms with van der Waals surface area (Å²) in [5.41, 5.74) is -1.72. The van der Waals surface area contributed by atoms with E-state index in [0.29, 0.717) is 18.8 Å². The molecule has 35 heavy (non-hydrogen) atoms. The summed E-state index contributed by atoms with van der Waals surface area (Å²) in [6, 6.07) is 16.0. The third-order valence-electron chi connectivity index (χ3n) is 5.16. The molecule has 0 bridgehead atoms. The molecule has 0 aromatic heterocycles. The van der Waals surface area contributed by atoms with Crippen LogP contribution in [0.1, 0.15) is 12.0 Å². The average molecular weight is 512 g/mol. The summed E-state index contributed by atoms with van der Waals surface area (Å²) >= 11 is 4.78. The fraction of sp³-hybridized carbons (Fsp3) is 0.240. The second-order valence-corrected chi connectivity index (χ2v) is 8.03. The van der Waals surface area contributed by atoms with Crippen LogP contribution < -0.4 is 9.47 Å². The summed E-state index contributed by atoms with van der Waals surface area (Å²) in [4.78, 5) is 4.25. The predicted molar refractivity (Wildman–Crippen MR) is 121 cm³/mol. The Morgan fingerprint density at radius 2 is 1.51 bits per heavy atom. The molecule has 4 rings (SSSR count). The summed E-state index contributed by atoms with van der Waals surface area (Å²) in [7, 11) is 0. The lowest BCUT2D eigenvalue weighted by Crippen LogP contribution is -2.32. The van der Waals surface area contributed by atoms with Crippen molar-refractivity contribution in [3.05, 3.63) is 83.9 Å². The van der Waals surface area contributed by atoms with Crippen molar-refractivity contribution in [3.63, 3.8) is 0 Å². The monoisotopic (exact) mass is 511 g/mol. The number of nitrogens with zero attached hydrogens (tertiary/aromatic N) is 1. The molecule has 3 aromatic rings. The summed E-state index contributed by atoms with van der Waals surface area (Å²) in [6.45, 7) is 0.508. The maximum atomic E-state index is 13.9. The van der Waals surface area contributed by atoms with Gasteiger partial charge in [-0.25, -0.2) is 18.2 Å². The van der Waals surface area contributed by atoms with Gasteiger partial charge >= 0.3 is 6.11 Å². The van der Waals surface area contributed by atoms with Crippen LogP contribution in [0.4, 0.5) is 22.0 Å². The van der Waals surface area contributed by atoms with E-state index in [4.69, 9.17) is 21.1 Å². The summed E-state index contributed by atoms with van der Waals surface area (Å²) in [5, 5.41) is 0. The van der Waals surface area contributed by atoms with Crippen LogP contribution in [-0.2, 0) is 4.74 Å². The lowest BCUT2D eigenvalue weighted by molar-refractivity contribution is -0.199. The molecule has 2 atom stereocenters. The SMILES string of the molecule is Fc1cccc(F)c1C1=NC(CCOc2ccc(-c3ccc(OC(F)(F)C(F)Cl)cc3)cc2)CO1. The predicted octanol–water partition coefficient (Wildman–Crippen LogP) is 6.75. The molecule has 0 amide bonds. The molecule has 0 saturated heterocycles. The van der Waals surface area contributed by atoms with Crippen LogP contribution in [0.2, 0.25) is 0 Å². The van der Waals surface area contributed by atoms with Gasteiger partial charge in [-0.05, 0) is 47.5 Å². The van der Waals surface area contributed by atoms with E-state index in [1.807, 2.05) is 0 Å². The van der Waals surface area contributed by atoms with Crippen molar-refractivity contribution in [2.45, 2.75) is 24.2 Å². The molecule has 1 aliphatic heterocycles. The Morgan fingerprint density at radius 3 is 2.09 bits per heavy atom. The number of halogens is 6. The number of aliphatic imine (C=N–C) groups is 1. The number of alkyl halides is 4. The van der Waals surface area contributed by atoms with Crippen molar-refractivity contribution < 1.29 is 36.2 Å². The highest BCUT2D eigenvalue weighted by Crippen LogP contribution is 2.31. The molecule has 3 aromatic carbocycles. The summed E-state index contributed by atoms with van der Waals surface area (Å²) in [6.07, 6.45) is -3.65. The van der Waals surface area contributed by atoms with Gasteiger partial charge in [0, 0.05) is 6.42 Å². The molecular weight excluding hydrogens is 493 g/mol. The van der Waals surface area contributed by atoms with Crippen molar-refractivity contribution in [2.24, 2.45) is 4.99 Å². The Hall–Kier alpha value is -3.33. The van der Waals surface area contributed by atoms with Crippen molar-refractivity contribution in [1.82, 2.24) is 0 Å². The van der Waals surface area contributed by atoms with E-state index in [-0.39, 0.29) is 29.9 Å². The molecule has 0 fully saturated rings. The smallest absolute Gasteiger partial charge is 0.444 e. The summed E-state index contributed by atoms with van der Waals surface area (Å²) < 4.78 is 82.3. The Labute approximate surface area is 202 Å². The van der Waals surface area contributed by atoms with Crippen molar-refractivity contribution in [3.8, 4) is 22.6 Å². The van der Waals surface area contributed by atoms with Gasteiger partial charge in [0.05, 0.1) is 12.6 Å². The molecule has 2 unspecified atom stereocenters. The quantitative estimate of drug-likeness (QED) is 0.236. The number of benzene rings is 3. The average Bonchev–Trinajstić information content (AvgIpc) is 3.28. The number of hydrogen-bond acceptors (Lipinski definition) is 4. The molecule has 4 nitrogen and oxygen atoms in total. The van der Waals surface area contributed by atoms with E-state index in [9.17, 15) is 22.0 Å². The Bertz CT molecular complexity index is 1170. The maximum Gasteiger partial charge on any atom is 0.444 e. The van der Waals surface area contributed by atoms with Gasteiger partial charge in [-0.15, -0.1) is 0 Å². The molecule has 0 radical (unpaired) electrons. The van der Waals surface area contributed by atoms with Crippen molar-refractivity contribution in [2.75, 3.05) is 13.2 Å². The second-order valence-electron chi connectivity index (χ2n) is 7.65. The minimum absolute atomic E-state index is 0.0535. The highest BCUT2D eigenvalue weighted by molar-refractivity contribution is 6.20. The topological polar surface area (TPSA) is 40.0 Å². The molecule has 10 heteroatoms. The van der Waals surface area contributed by atoms with Crippen LogP contribution in [0, 0.1) is 11.6 Å². The third-order valence-corrected chi connectivity index (χ3v) is 5.41. The first-order valence-electron chi connectivity index (χ1n) is 10.6. The lowest BCUT2D eigenvalue weighted by Gasteiger charge is -2.17. The fourth-order valence-electron chi connectivity index (χ4n) is 3.38. The van der Waals surface area contributed by atoms with E-state index >= 15 is 0 Å². The maximum absolute atomic E-state index is 13.9. The number of hydrogen-bond donors (Lipinski definition) is 0. The summed E-state index contributed by atoms with van der Waals surface area (Å²) in [5.74, 6) is -1.15. The first-order valence-corrected chi connectivity index (χ1v) is 11.0.